The van der Waals surface area contributed by atoms with E-state index in [1.165, 1.54) is 12.1 Å². The molecule has 1 saturated heterocycles. The second-order valence-corrected chi connectivity index (χ2v) is 6.77. The number of benzene rings is 1. The molecular weight excluding hydrogens is 335 g/mol. The minimum Gasteiger partial charge on any atom is -0.335 e. The molecular formula is C19H21FN4O2. The van der Waals surface area contributed by atoms with Crippen molar-refractivity contribution in [2.75, 3.05) is 26.2 Å². The van der Waals surface area contributed by atoms with E-state index in [0.29, 0.717) is 31.9 Å². The molecule has 0 unspecified atom stereocenters. The van der Waals surface area contributed by atoms with Crippen LogP contribution in [0.5, 0.6) is 0 Å². The number of aromatic nitrogens is 2. The molecule has 26 heavy (non-hydrogen) atoms. The van der Waals surface area contributed by atoms with Crippen molar-refractivity contribution in [1.82, 2.24) is 19.6 Å². The highest BCUT2D eigenvalue weighted by Crippen LogP contribution is 2.18. The number of fused-ring (bicyclic) bond motifs is 1. The second kappa shape index (κ2) is 6.90. The van der Waals surface area contributed by atoms with Crippen molar-refractivity contribution < 1.29 is 14.0 Å². The van der Waals surface area contributed by atoms with Gasteiger partial charge in [-0.05, 0) is 37.5 Å². The maximum absolute atomic E-state index is 13.8. The Labute approximate surface area is 151 Å². The first-order valence-corrected chi connectivity index (χ1v) is 9.03. The number of piperazine rings is 1. The van der Waals surface area contributed by atoms with E-state index in [9.17, 15) is 14.0 Å². The van der Waals surface area contributed by atoms with Crippen LogP contribution >= 0.6 is 0 Å². The predicted molar refractivity (Wildman–Crippen MR) is 93.4 cm³/mol. The lowest BCUT2D eigenvalue weighted by Gasteiger charge is -2.34. The van der Waals surface area contributed by atoms with Gasteiger partial charge in [-0.3, -0.25) is 14.3 Å². The molecule has 1 aromatic carbocycles. The van der Waals surface area contributed by atoms with Crippen molar-refractivity contribution in [2.24, 2.45) is 0 Å². The van der Waals surface area contributed by atoms with Crippen LogP contribution in [0.25, 0.3) is 0 Å². The van der Waals surface area contributed by atoms with Crippen LogP contribution < -0.4 is 0 Å². The smallest absolute Gasteiger partial charge is 0.274 e. The van der Waals surface area contributed by atoms with Crippen LogP contribution in [0.15, 0.2) is 30.3 Å². The summed E-state index contributed by atoms with van der Waals surface area (Å²) in [6, 6.07) is 7.88. The molecule has 1 aromatic heterocycles. The van der Waals surface area contributed by atoms with E-state index >= 15 is 0 Å². The average molecular weight is 356 g/mol. The van der Waals surface area contributed by atoms with Crippen LogP contribution in [0.1, 0.15) is 39.4 Å². The largest absolute Gasteiger partial charge is 0.335 e. The third-order valence-electron chi connectivity index (χ3n) is 5.09. The van der Waals surface area contributed by atoms with Crippen molar-refractivity contribution in [3.63, 3.8) is 0 Å². The van der Waals surface area contributed by atoms with E-state index in [1.54, 1.807) is 21.9 Å². The highest BCUT2D eigenvalue weighted by atomic mass is 19.1. The molecule has 0 N–H and O–H groups in total. The molecule has 2 aromatic rings. The summed E-state index contributed by atoms with van der Waals surface area (Å²) in [4.78, 5) is 28.5. The highest BCUT2D eigenvalue weighted by Gasteiger charge is 2.28. The Hall–Kier alpha value is -2.70. The molecule has 136 valence electrons. The molecule has 6 nitrogen and oxygen atoms in total. The first-order chi connectivity index (χ1) is 12.6. The van der Waals surface area contributed by atoms with Gasteiger partial charge in [0.1, 0.15) is 5.82 Å². The number of aryl methyl sites for hydroxylation is 2. The first kappa shape index (κ1) is 16.8. The van der Waals surface area contributed by atoms with Crippen molar-refractivity contribution in [2.45, 2.75) is 25.8 Å². The van der Waals surface area contributed by atoms with Gasteiger partial charge in [0.05, 0.1) is 5.56 Å². The van der Waals surface area contributed by atoms with Crippen molar-refractivity contribution in [3.05, 3.63) is 53.1 Å². The zero-order valence-corrected chi connectivity index (χ0v) is 14.5. The molecule has 0 radical (unpaired) electrons. The monoisotopic (exact) mass is 356 g/mol. The summed E-state index contributed by atoms with van der Waals surface area (Å²) in [5, 5.41) is 4.43. The van der Waals surface area contributed by atoms with Crippen molar-refractivity contribution >= 4 is 11.8 Å². The Morgan fingerprint density at radius 1 is 0.923 bits per heavy atom. The van der Waals surface area contributed by atoms with Gasteiger partial charge in [-0.2, -0.15) is 5.10 Å². The van der Waals surface area contributed by atoms with Gasteiger partial charge < -0.3 is 9.80 Å². The van der Waals surface area contributed by atoms with Gasteiger partial charge in [-0.25, -0.2) is 4.39 Å². The Morgan fingerprint density at radius 3 is 2.31 bits per heavy atom. The van der Waals surface area contributed by atoms with E-state index in [0.717, 1.165) is 31.5 Å². The SMILES string of the molecule is O=C(c1cc2n(n1)CCCC2)N1CCN(C(=O)c2ccccc2F)CC1. The molecule has 7 heteroatoms. The predicted octanol–water partition coefficient (Wildman–Crippen LogP) is 1.96. The van der Waals surface area contributed by atoms with Crippen LogP contribution in [0.3, 0.4) is 0 Å². The molecule has 0 saturated carbocycles. The number of carbonyl (C=O) groups is 2. The Kier molecular flexibility index (Phi) is 4.44. The summed E-state index contributed by atoms with van der Waals surface area (Å²) in [6.07, 6.45) is 3.19. The lowest BCUT2D eigenvalue weighted by Crippen LogP contribution is -2.50. The molecule has 0 aliphatic carbocycles. The molecule has 0 spiro atoms. The van der Waals surface area contributed by atoms with Gasteiger partial charge in [-0.15, -0.1) is 0 Å². The first-order valence-electron chi connectivity index (χ1n) is 9.03. The Balaban J connectivity index is 1.40. The molecule has 2 amide bonds. The number of carbonyl (C=O) groups excluding carboxylic acids is 2. The third-order valence-corrected chi connectivity index (χ3v) is 5.09. The summed E-state index contributed by atoms with van der Waals surface area (Å²) in [5.74, 6) is -0.933. The second-order valence-electron chi connectivity index (χ2n) is 6.77. The summed E-state index contributed by atoms with van der Waals surface area (Å²) >= 11 is 0. The lowest BCUT2D eigenvalue weighted by atomic mass is 10.1. The van der Waals surface area contributed by atoms with E-state index in [4.69, 9.17) is 0 Å². The van der Waals surface area contributed by atoms with Crippen LogP contribution in [0.2, 0.25) is 0 Å². The van der Waals surface area contributed by atoms with Gasteiger partial charge in [0, 0.05) is 38.4 Å². The van der Waals surface area contributed by atoms with Gasteiger partial charge in [0.25, 0.3) is 11.8 Å². The Morgan fingerprint density at radius 2 is 1.62 bits per heavy atom. The lowest BCUT2D eigenvalue weighted by molar-refractivity contribution is 0.0529. The summed E-state index contributed by atoms with van der Waals surface area (Å²) in [5.41, 5.74) is 1.68. The van der Waals surface area contributed by atoms with Crippen LogP contribution in [-0.2, 0) is 13.0 Å². The van der Waals surface area contributed by atoms with E-state index in [-0.39, 0.29) is 17.4 Å². The van der Waals surface area contributed by atoms with E-state index in [1.807, 2.05) is 10.7 Å². The number of hydrogen-bond acceptors (Lipinski definition) is 3. The molecule has 3 heterocycles. The normalized spacial score (nSPS) is 17.1. The molecule has 2 aliphatic heterocycles. The summed E-state index contributed by atoms with van der Waals surface area (Å²) in [6.45, 7) is 2.52. The summed E-state index contributed by atoms with van der Waals surface area (Å²) < 4.78 is 15.7. The number of hydrogen-bond donors (Lipinski definition) is 0. The topological polar surface area (TPSA) is 58.4 Å². The molecule has 4 rings (SSSR count). The zero-order chi connectivity index (χ0) is 18.1. The molecule has 0 bridgehead atoms. The van der Waals surface area contributed by atoms with Crippen LogP contribution in [0, 0.1) is 5.82 Å². The maximum atomic E-state index is 13.8. The third kappa shape index (κ3) is 3.09. The minimum atomic E-state index is -0.514. The number of rotatable bonds is 2. The average Bonchev–Trinajstić information content (AvgIpc) is 3.11. The fourth-order valence-corrected chi connectivity index (χ4v) is 3.60. The van der Waals surface area contributed by atoms with Gasteiger partial charge in [0.15, 0.2) is 5.69 Å². The fourth-order valence-electron chi connectivity index (χ4n) is 3.60. The maximum Gasteiger partial charge on any atom is 0.274 e. The molecule has 0 atom stereocenters. The van der Waals surface area contributed by atoms with Gasteiger partial charge >= 0.3 is 0 Å². The van der Waals surface area contributed by atoms with Crippen LogP contribution in [0.4, 0.5) is 4.39 Å². The number of halogens is 1. The van der Waals surface area contributed by atoms with Crippen LogP contribution in [-0.4, -0.2) is 57.6 Å². The van der Waals surface area contributed by atoms with Crippen molar-refractivity contribution in [1.29, 1.82) is 0 Å². The van der Waals surface area contributed by atoms with Gasteiger partial charge in [0.2, 0.25) is 0 Å². The van der Waals surface area contributed by atoms with E-state index in [2.05, 4.69) is 5.10 Å². The number of amides is 2. The standard InChI is InChI=1S/C19H21FN4O2/c20-16-7-2-1-6-15(16)18(25)22-9-11-23(12-10-22)19(26)17-13-14-5-3-4-8-24(14)21-17/h1-2,6-7,13H,3-5,8-12H2. The molecule has 2 aliphatic rings. The zero-order valence-electron chi connectivity index (χ0n) is 14.5. The quantitative estimate of drug-likeness (QED) is 0.826. The summed E-state index contributed by atoms with van der Waals surface area (Å²) in [7, 11) is 0. The van der Waals surface area contributed by atoms with Crippen molar-refractivity contribution in [3.8, 4) is 0 Å². The van der Waals surface area contributed by atoms with Gasteiger partial charge in [-0.1, -0.05) is 12.1 Å². The minimum absolute atomic E-state index is 0.0778. The Bertz CT molecular complexity index is 816. The fraction of sp³-hybridized carbons (Fsp3) is 0.421. The molecule has 1 fully saturated rings. The number of nitrogens with zero attached hydrogens (tertiary/aromatic N) is 4. The van der Waals surface area contributed by atoms with E-state index < -0.39 is 5.82 Å². The highest BCUT2D eigenvalue weighted by molar-refractivity contribution is 5.95.